The Kier molecular flexibility index (Phi) is 6.85. The first-order chi connectivity index (χ1) is 15.6. The van der Waals surface area contributed by atoms with Gasteiger partial charge < -0.3 is 14.0 Å². The number of carbonyl (C=O) groups excluding carboxylic acids is 2. The second kappa shape index (κ2) is 9.96. The highest BCUT2D eigenvalue weighted by molar-refractivity contribution is 8.18. The summed E-state index contributed by atoms with van der Waals surface area (Å²) < 4.78 is 13.4. The van der Waals surface area contributed by atoms with E-state index in [2.05, 4.69) is 10.6 Å². The lowest BCUT2D eigenvalue weighted by Crippen LogP contribution is -2.28. The second-order valence-electron chi connectivity index (χ2n) is 7.48. The topological polar surface area (TPSA) is 60.8 Å². The molecule has 1 fully saturated rings. The number of nitrogens with zero attached hydrogens (tertiary/aromatic N) is 2. The number of fused-ring (bicyclic) bond motifs is 1. The Hall–Kier alpha value is -3.19. The van der Waals surface area contributed by atoms with Crippen molar-refractivity contribution in [1.82, 2.24) is 9.47 Å². The van der Waals surface area contributed by atoms with Gasteiger partial charge in [0.25, 0.3) is 11.1 Å². The van der Waals surface area contributed by atoms with Crippen molar-refractivity contribution in [1.29, 1.82) is 0 Å². The lowest BCUT2D eigenvalue weighted by Gasteiger charge is -2.11. The van der Waals surface area contributed by atoms with Crippen LogP contribution in [0.1, 0.15) is 25.3 Å². The Morgan fingerprint density at radius 1 is 1.00 bits per heavy atom. The van der Waals surface area contributed by atoms with E-state index in [-0.39, 0.29) is 11.1 Å². The molecule has 32 heavy (non-hydrogen) atoms. The molecule has 2 amide bonds. The van der Waals surface area contributed by atoms with Crippen LogP contribution in [0.25, 0.3) is 17.0 Å². The molecule has 1 aromatic heterocycles. The average molecular weight is 451 g/mol. The van der Waals surface area contributed by atoms with Crippen LogP contribution in [0.4, 0.5) is 4.79 Å². The normalized spacial score (nSPS) is 15.2. The predicted molar refractivity (Wildman–Crippen MR) is 128 cm³/mol. The van der Waals surface area contributed by atoms with Gasteiger partial charge in [-0.1, -0.05) is 37.3 Å². The number of imide groups is 1. The molecule has 1 aliphatic rings. The summed E-state index contributed by atoms with van der Waals surface area (Å²) in [6.45, 7) is 3.73. The third-order valence-corrected chi connectivity index (χ3v) is 6.20. The maximum atomic E-state index is 12.6. The van der Waals surface area contributed by atoms with Gasteiger partial charge in [0.2, 0.25) is 0 Å². The lowest BCUT2D eigenvalue weighted by molar-refractivity contribution is -0.122. The van der Waals surface area contributed by atoms with Gasteiger partial charge in [0.1, 0.15) is 0 Å². The number of hydrogen-bond donors (Lipinski definition) is 0. The summed E-state index contributed by atoms with van der Waals surface area (Å²) in [6, 6.07) is 15.7. The number of aromatic nitrogens is 1. The van der Waals surface area contributed by atoms with Gasteiger partial charge in [-0.2, -0.15) is 0 Å². The van der Waals surface area contributed by atoms with Gasteiger partial charge in [-0.15, -0.1) is 0 Å². The van der Waals surface area contributed by atoms with Crippen LogP contribution < -0.4 is 9.47 Å². The van der Waals surface area contributed by atoms with E-state index < -0.39 is 0 Å². The summed E-state index contributed by atoms with van der Waals surface area (Å²) in [6.07, 6.45) is 5.44. The maximum absolute atomic E-state index is 12.6. The van der Waals surface area contributed by atoms with Gasteiger partial charge in [0.15, 0.2) is 11.5 Å². The molecule has 0 bridgehead atoms. The molecule has 0 saturated carbocycles. The number of para-hydroxylation sites is 3. The van der Waals surface area contributed by atoms with Gasteiger partial charge >= 0.3 is 0 Å². The number of ether oxygens (including phenoxy) is 2. The number of thioether (sulfide) groups is 1. The van der Waals surface area contributed by atoms with Crippen LogP contribution in [0.2, 0.25) is 0 Å². The van der Waals surface area contributed by atoms with Gasteiger partial charge in [0, 0.05) is 35.8 Å². The fraction of sp³-hybridized carbons (Fsp3) is 0.280. The summed E-state index contributed by atoms with van der Waals surface area (Å²) in [5, 5.41) is 0.862. The molecule has 0 N–H and O–H groups in total. The molecule has 0 unspecified atom stereocenters. The molecular weight excluding hydrogens is 424 g/mol. The molecule has 0 aliphatic carbocycles. The monoisotopic (exact) mass is 450 g/mol. The minimum Gasteiger partial charge on any atom is -0.493 e. The summed E-state index contributed by atoms with van der Waals surface area (Å²) >= 11 is 1.01. The standard InChI is InChI=1S/C25H26N2O4S/c1-3-13-27-24(28)23(32-25(27)29)16-18-17-26(20-10-5-4-9-19(18)20)14-8-15-31-22-12-7-6-11-21(22)30-2/h4-7,9-12,16-17H,3,8,13-15H2,1-2H3/b23-16-. The Labute approximate surface area is 191 Å². The second-order valence-corrected chi connectivity index (χ2v) is 8.47. The molecule has 0 radical (unpaired) electrons. The molecule has 1 saturated heterocycles. The third kappa shape index (κ3) is 4.53. The lowest BCUT2D eigenvalue weighted by atomic mass is 10.1. The predicted octanol–water partition coefficient (Wildman–Crippen LogP) is 5.57. The largest absolute Gasteiger partial charge is 0.493 e. The van der Waals surface area contributed by atoms with E-state index in [1.807, 2.05) is 61.7 Å². The van der Waals surface area contributed by atoms with Crippen molar-refractivity contribution in [3.8, 4) is 11.5 Å². The average Bonchev–Trinajstić information content (AvgIpc) is 3.29. The molecule has 2 aromatic carbocycles. The first kappa shape index (κ1) is 22.0. The fourth-order valence-corrected chi connectivity index (χ4v) is 4.64. The molecule has 3 aromatic rings. The van der Waals surface area contributed by atoms with Crippen LogP contribution >= 0.6 is 11.8 Å². The minimum atomic E-state index is -0.205. The van der Waals surface area contributed by atoms with E-state index in [0.717, 1.165) is 59.1 Å². The Morgan fingerprint density at radius 2 is 1.75 bits per heavy atom. The number of methoxy groups -OCH3 is 1. The Balaban J connectivity index is 1.50. The zero-order chi connectivity index (χ0) is 22.5. The van der Waals surface area contributed by atoms with Gasteiger partial charge in [-0.3, -0.25) is 14.5 Å². The highest BCUT2D eigenvalue weighted by atomic mass is 32.2. The van der Waals surface area contributed by atoms with Crippen molar-refractivity contribution in [2.24, 2.45) is 0 Å². The molecule has 4 rings (SSSR count). The van der Waals surface area contributed by atoms with Crippen LogP contribution in [0.3, 0.4) is 0 Å². The van der Waals surface area contributed by atoms with Crippen LogP contribution in [-0.2, 0) is 11.3 Å². The van der Waals surface area contributed by atoms with Gasteiger partial charge in [-0.25, -0.2) is 0 Å². The first-order valence-electron chi connectivity index (χ1n) is 10.7. The van der Waals surface area contributed by atoms with Crippen LogP contribution in [0, 0.1) is 0 Å². The maximum Gasteiger partial charge on any atom is 0.293 e. The van der Waals surface area contributed by atoms with E-state index in [1.54, 1.807) is 7.11 Å². The van der Waals surface area contributed by atoms with Crippen molar-refractivity contribution in [3.63, 3.8) is 0 Å². The van der Waals surface area contributed by atoms with E-state index in [9.17, 15) is 9.59 Å². The molecule has 0 spiro atoms. The van der Waals surface area contributed by atoms with Crippen molar-refractivity contribution < 1.29 is 19.1 Å². The Morgan fingerprint density at radius 3 is 2.53 bits per heavy atom. The van der Waals surface area contributed by atoms with E-state index in [1.165, 1.54) is 4.90 Å². The van der Waals surface area contributed by atoms with E-state index in [0.29, 0.717) is 18.1 Å². The number of amides is 2. The number of benzene rings is 2. The molecule has 7 heteroatoms. The van der Waals surface area contributed by atoms with Crippen molar-refractivity contribution in [3.05, 3.63) is 65.2 Å². The highest BCUT2D eigenvalue weighted by Crippen LogP contribution is 2.34. The van der Waals surface area contributed by atoms with E-state index in [4.69, 9.17) is 9.47 Å². The number of rotatable bonds is 9. The zero-order valence-corrected chi connectivity index (χ0v) is 19.1. The van der Waals surface area contributed by atoms with Crippen LogP contribution in [0.15, 0.2) is 59.6 Å². The molecule has 6 nitrogen and oxygen atoms in total. The molecule has 166 valence electrons. The molecule has 1 aliphatic heterocycles. The van der Waals surface area contributed by atoms with Crippen LogP contribution in [-0.4, -0.2) is 40.9 Å². The highest BCUT2D eigenvalue weighted by Gasteiger charge is 2.34. The van der Waals surface area contributed by atoms with E-state index >= 15 is 0 Å². The minimum absolute atomic E-state index is 0.194. The van der Waals surface area contributed by atoms with Crippen LogP contribution in [0.5, 0.6) is 11.5 Å². The van der Waals surface area contributed by atoms with Crippen molar-refractivity contribution in [2.75, 3.05) is 20.3 Å². The molecular formula is C25H26N2O4S. The SMILES string of the molecule is CCCN1C(=O)S/C(=C\c2cn(CCCOc3ccccc3OC)c3ccccc23)C1=O. The van der Waals surface area contributed by atoms with Crippen molar-refractivity contribution in [2.45, 2.75) is 26.3 Å². The number of aryl methyl sites for hydroxylation is 1. The fourth-order valence-electron chi connectivity index (χ4n) is 3.79. The Bertz CT molecular complexity index is 1170. The van der Waals surface area contributed by atoms with Gasteiger partial charge in [0.05, 0.1) is 18.6 Å². The smallest absolute Gasteiger partial charge is 0.293 e. The summed E-state index contributed by atoms with van der Waals surface area (Å²) in [4.78, 5) is 26.6. The molecule has 0 atom stereocenters. The summed E-state index contributed by atoms with van der Waals surface area (Å²) in [5.74, 6) is 1.25. The summed E-state index contributed by atoms with van der Waals surface area (Å²) in [5.41, 5.74) is 2.03. The number of carbonyl (C=O) groups is 2. The first-order valence-corrected chi connectivity index (χ1v) is 11.5. The quantitative estimate of drug-likeness (QED) is 0.315. The number of hydrogen-bond acceptors (Lipinski definition) is 5. The zero-order valence-electron chi connectivity index (χ0n) is 18.2. The third-order valence-electron chi connectivity index (χ3n) is 5.30. The molecule has 2 heterocycles. The van der Waals surface area contributed by atoms with Gasteiger partial charge in [-0.05, 0) is 48.9 Å². The summed E-state index contributed by atoms with van der Waals surface area (Å²) in [7, 11) is 1.63. The van der Waals surface area contributed by atoms with Crippen molar-refractivity contribution >= 4 is 39.9 Å².